The third-order valence-electron chi connectivity index (χ3n) is 6.50. The summed E-state index contributed by atoms with van der Waals surface area (Å²) in [7, 11) is 0. The molecule has 0 spiro atoms. The van der Waals surface area contributed by atoms with Gasteiger partial charge in [-0.3, -0.25) is 0 Å². The maximum absolute atomic E-state index is 2.44. The van der Waals surface area contributed by atoms with Gasteiger partial charge in [0.15, 0.2) is 0 Å². The van der Waals surface area contributed by atoms with E-state index in [4.69, 9.17) is 0 Å². The Balaban J connectivity index is 1.72. The molecule has 0 amide bonds. The normalized spacial score (nSPS) is 11.8. The van der Waals surface area contributed by atoms with Gasteiger partial charge in [0.05, 0.1) is 22.1 Å². The van der Waals surface area contributed by atoms with Gasteiger partial charge in [0.2, 0.25) is 0 Å². The number of benzene rings is 4. The Hall–Kier alpha value is -4.30. The third-order valence-corrected chi connectivity index (χ3v) is 6.50. The van der Waals surface area contributed by atoms with Gasteiger partial charge >= 0.3 is 0 Å². The largest absolute Gasteiger partial charge is 0.314 e. The molecular weight excluding hydrogens is 388 g/mol. The first-order valence-electron chi connectivity index (χ1n) is 11.0. The molecule has 0 saturated heterocycles. The second kappa shape index (κ2) is 6.60. The highest BCUT2D eigenvalue weighted by Crippen LogP contribution is 2.42. The van der Waals surface area contributed by atoms with E-state index < -0.39 is 0 Å². The van der Waals surface area contributed by atoms with Gasteiger partial charge in [-0.2, -0.15) is 0 Å². The number of pyridine rings is 1. The molecule has 32 heavy (non-hydrogen) atoms. The zero-order valence-corrected chi connectivity index (χ0v) is 17.4. The Kier molecular flexibility index (Phi) is 3.58. The monoisotopic (exact) mass is 408 g/mol. The van der Waals surface area contributed by atoms with E-state index in [0.29, 0.717) is 0 Å². The molecule has 4 aromatic carbocycles. The average Bonchev–Trinajstić information content (AvgIpc) is 3.37. The lowest BCUT2D eigenvalue weighted by Gasteiger charge is -2.11. The SMILES string of the molecule is c1ccc(-c2c3c(c4ccccc4n3-c3ccc4ccccc4c3)n3ccccc23)cc1. The molecule has 150 valence electrons. The van der Waals surface area contributed by atoms with Crippen LogP contribution in [0.3, 0.4) is 0 Å². The van der Waals surface area contributed by atoms with Crippen molar-refractivity contribution in [3.63, 3.8) is 0 Å². The minimum absolute atomic E-state index is 1.18. The lowest BCUT2D eigenvalue weighted by atomic mass is 10.1. The van der Waals surface area contributed by atoms with Crippen LogP contribution in [0.2, 0.25) is 0 Å². The highest BCUT2D eigenvalue weighted by Gasteiger charge is 2.22. The van der Waals surface area contributed by atoms with Crippen LogP contribution in [0.15, 0.2) is 121 Å². The zero-order valence-electron chi connectivity index (χ0n) is 17.4. The van der Waals surface area contributed by atoms with Crippen molar-refractivity contribution in [3.05, 3.63) is 121 Å². The van der Waals surface area contributed by atoms with Crippen molar-refractivity contribution < 1.29 is 0 Å². The van der Waals surface area contributed by atoms with E-state index in [1.807, 2.05) is 0 Å². The maximum Gasteiger partial charge on any atom is 0.0809 e. The van der Waals surface area contributed by atoms with E-state index in [2.05, 4.69) is 130 Å². The summed E-state index contributed by atoms with van der Waals surface area (Å²) in [5.74, 6) is 0. The van der Waals surface area contributed by atoms with Crippen LogP contribution >= 0.6 is 0 Å². The molecular formula is C30H20N2. The van der Waals surface area contributed by atoms with Crippen molar-refractivity contribution in [1.82, 2.24) is 8.97 Å². The Bertz CT molecular complexity index is 1770. The molecule has 0 aliphatic carbocycles. The average molecular weight is 409 g/mol. The van der Waals surface area contributed by atoms with Crippen molar-refractivity contribution >= 4 is 38.2 Å². The number of hydrogen-bond acceptors (Lipinski definition) is 0. The topological polar surface area (TPSA) is 9.34 Å². The highest BCUT2D eigenvalue weighted by atomic mass is 15.0. The number of fused-ring (bicyclic) bond motifs is 6. The van der Waals surface area contributed by atoms with Crippen LogP contribution in [0.1, 0.15) is 0 Å². The minimum Gasteiger partial charge on any atom is -0.314 e. The highest BCUT2D eigenvalue weighted by molar-refractivity contribution is 6.17. The number of nitrogens with zero attached hydrogens (tertiary/aromatic N) is 2. The van der Waals surface area contributed by atoms with Gasteiger partial charge < -0.3 is 8.97 Å². The summed E-state index contributed by atoms with van der Waals surface area (Å²) in [5, 5.41) is 3.77. The molecule has 2 nitrogen and oxygen atoms in total. The minimum atomic E-state index is 1.18. The maximum atomic E-state index is 2.44. The Morgan fingerprint density at radius 3 is 2.12 bits per heavy atom. The van der Waals surface area contributed by atoms with E-state index in [-0.39, 0.29) is 0 Å². The molecule has 3 heterocycles. The number of aromatic nitrogens is 2. The van der Waals surface area contributed by atoms with Gasteiger partial charge in [-0.15, -0.1) is 0 Å². The summed E-state index contributed by atoms with van der Waals surface area (Å²) >= 11 is 0. The molecule has 0 atom stereocenters. The van der Waals surface area contributed by atoms with Crippen LogP contribution < -0.4 is 0 Å². The van der Waals surface area contributed by atoms with E-state index in [9.17, 15) is 0 Å². The van der Waals surface area contributed by atoms with Crippen molar-refractivity contribution in [2.45, 2.75) is 0 Å². The van der Waals surface area contributed by atoms with Crippen LogP contribution in [-0.2, 0) is 0 Å². The summed E-state index contributed by atoms with van der Waals surface area (Å²) < 4.78 is 4.78. The van der Waals surface area contributed by atoms with Crippen LogP contribution in [0.4, 0.5) is 0 Å². The first-order valence-corrected chi connectivity index (χ1v) is 11.0. The third kappa shape index (κ3) is 2.35. The van der Waals surface area contributed by atoms with Crippen LogP contribution in [0.25, 0.3) is 55.0 Å². The van der Waals surface area contributed by atoms with E-state index >= 15 is 0 Å². The predicted molar refractivity (Wildman–Crippen MR) is 135 cm³/mol. The predicted octanol–water partition coefficient (Wildman–Crippen LogP) is 7.86. The molecule has 0 fully saturated rings. The smallest absolute Gasteiger partial charge is 0.0809 e. The fourth-order valence-electron chi connectivity index (χ4n) is 5.13. The van der Waals surface area contributed by atoms with Gasteiger partial charge in [-0.05, 0) is 46.7 Å². The summed E-state index contributed by atoms with van der Waals surface area (Å²) in [5.41, 5.74) is 8.64. The molecule has 0 radical (unpaired) electrons. The molecule has 7 aromatic rings. The van der Waals surface area contributed by atoms with Crippen LogP contribution in [0.5, 0.6) is 0 Å². The Morgan fingerprint density at radius 1 is 0.500 bits per heavy atom. The standard InChI is InChI=1S/C30H20N2/c1-2-11-22(12-3-1)28-27-16-8-9-19-31(27)29-25-14-6-7-15-26(25)32(30(28)29)24-18-17-21-10-4-5-13-23(21)20-24/h1-20H. The van der Waals surface area contributed by atoms with Crippen LogP contribution in [-0.4, -0.2) is 8.97 Å². The number of para-hydroxylation sites is 1. The van der Waals surface area contributed by atoms with Gasteiger partial charge in [-0.1, -0.05) is 84.9 Å². The second-order valence-electron chi connectivity index (χ2n) is 8.28. The van der Waals surface area contributed by atoms with Crippen molar-refractivity contribution in [3.8, 4) is 16.8 Å². The lowest BCUT2D eigenvalue weighted by molar-refractivity contribution is 1.19. The molecule has 0 aliphatic heterocycles. The van der Waals surface area contributed by atoms with E-state index in [1.165, 1.54) is 55.0 Å². The molecule has 0 bridgehead atoms. The van der Waals surface area contributed by atoms with Crippen molar-refractivity contribution in [2.24, 2.45) is 0 Å². The molecule has 3 aromatic heterocycles. The fraction of sp³-hybridized carbons (Fsp3) is 0. The van der Waals surface area contributed by atoms with Gasteiger partial charge in [0.25, 0.3) is 0 Å². The second-order valence-corrected chi connectivity index (χ2v) is 8.28. The van der Waals surface area contributed by atoms with Gasteiger partial charge in [0.1, 0.15) is 0 Å². The van der Waals surface area contributed by atoms with Gasteiger partial charge in [0, 0.05) is 22.8 Å². The van der Waals surface area contributed by atoms with Crippen molar-refractivity contribution in [2.75, 3.05) is 0 Å². The molecule has 7 rings (SSSR count). The molecule has 0 aliphatic rings. The van der Waals surface area contributed by atoms with E-state index in [1.54, 1.807) is 0 Å². The van der Waals surface area contributed by atoms with E-state index in [0.717, 1.165) is 0 Å². The van der Waals surface area contributed by atoms with Crippen molar-refractivity contribution in [1.29, 1.82) is 0 Å². The molecule has 0 saturated carbocycles. The number of rotatable bonds is 2. The summed E-state index contributed by atoms with van der Waals surface area (Å²) in [4.78, 5) is 0. The molecule has 0 N–H and O–H groups in total. The Labute approximate surface area is 185 Å². The van der Waals surface area contributed by atoms with Gasteiger partial charge in [-0.25, -0.2) is 0 Å². The molecule has 0 unspecified atom stereocenters. The summed E-state index contributed by atoms with van der Waals surface area (Å²) in [6.07, 6.45) is 2.18. The fourth-order valence-corrected chi connectivity index (χ4v) is 5.13. The van der Waals surface area contributed by atoms with Crippen LogP contribution in [0, 0.1) is 0 Å². The summed E-state index contributed by atoms with van der Waals surface area (Å²) in [6, 6.07) is 41.3. The molecule has 2 heteroatoms. The number of hydrogen-bond donors (Lipinski definition) is 0. The quantitative estimate of drug-likeness (QED) is 0.275. The first-order chi connectivity index (χ1) is 15.9. The Morgan fingerprint density at radius 2 is 1.22 bits per heavy atom. The lowest BCUT2D eigenvalue weighted by Crippen LogP contribution is -1.94. The summed E-state index contributed by atoms with van der Waals surface area (Å²) in [6.45, 7) is 0. The first kappa shape index (κ1) is 17.4. The zero-order chi connectivity index (χ0) is 21.1.